The number of benzene rings is 1. The number of unbranched alkanes of at least 4 members (excludes halogenated alkanes) is 1. The Hall–Kier alpha value is -2.41. The quantitative estimate of drug-likeness (QED) is 0.442. The summed E-state index contributed by atoms with van der Waals surface area (Å²) in [5.41, 5.74) is 0.302. The molecule has 1 rings (SSSR count). The van der Waals surface area contributed by atoms with Gasteiger partial charge in [-0.1, -0.05) is 25.5 Å². The molecule has 0 bridgehead atoms. The van der Waals surface area contributed by atoms with E-state index in [0.717, 1.165) is 12.8 Å². The first-order chi connectivity index (χ1) is 12.5. The van der Waals surface area contributed by atoms with Gasteiger partial charge in [0, 0.05) is 13.7 Å². The average molecular weight is 365 g/mol. The van der Waals surface area contributed by atoms with E-state index in [2.05, 4.69) is 0 Å². The molecule has 7 nitrogen and oxygen atoms in total. The molecule has 0 spiro atoms. The predicted molar refractivity (Wildman–Crippen MR) is 96.0 cm³/mol. The van der Waals surface area contributed by atoms with Gasteiger partial charge in [0.15, 0.2) is 0 Å². The summed E-state index contributed by atoms with van der Waals surface area (Å²) in [7, 11) is 1.62. The van der Waals surface area contributed by atoms with Gasteiger partial charge in [0.25, 0.3) is 0 Å². The molecule has 0 aliphatic rings. The molecule has 1 aromatic rings. The zero-order valence-corrected chi connectivity index (χ0v) is 15.7. The number of esters is 2. The highest BCUT2D eigenvalue weighted by atomic mass is 16.5. The van der Waals surface area contributed by atoms with Crippen LogP contribution in [0.3, 0.4) is 0 Å². The van der Waals surface area contributed by atoms with Crippen molar-refractivity contribution in [3.8, 4) is 0 Å². The Labute approximate surface area is 154 Å². The minimum atomic E-state index is -0.631. The number of hydrogen-bond donors (Lipinski definition) is 0. The van der Waals surface area contributed by atoms with Gasteiger partial charge >= 0.3 is 11.9 Å². The molecule has 0 radical (unpaired) electrons. The highest BCUT2D eigenvalue weighted by Gasteiger charge is 2.19. The van der Waals surface area contributed by atoms with E-state index in [1.165, 1.54) is 17.0 Å². The molecule has 0 aliphatic carbocycles. The van der Waals surface area contributed by atoms with Crippen molar-refractivity contribution >= 4 is 17.8 Å². The first kappa shape index (κ1) is 21.6. The number of carbonyl (C=O) groups excluding carboxylic acids is 3. The lowest BCUT2D eigenvalue weighted by molar-refractivity contribution is -0.135. The Morgan fingerprint density at radius 1 is 0.962 bits per heavy atom. The lowest BCUT2D eigenvalue weighted by atomic mass is 10.1. The number of carbonyl (C=O) groups is 3. The van der Waals surface area contributed by atoms with Gasteiger partial charge in [-0.15, -0.1) is 0 Å². The van der Waals surface area contributed by atoms with Crippen LogP contribution in [-0.4, -0.2) is 62.8 Å². The fraction of sp³-hybridized carbons (Fsp3) is 0.526. The molecule has 0 atom stereocenters. The van der Waals surface area contributed by atoms with Crippen LogP contribution in [0.4, 0.5) is 0 Å². The Kier molecular flexibility index (Phi) is 10.0. The summed E-state index contributed by atoms with van der Waals surface area (Å²) >= 11 is 0. The molecule has 0 unspecified atom stereocenters. The molecule has 144 valence electrons. The van der Waals surface area contributed by atoms with Gasteiger partial charge in [0.2, 0.25) is 5.91 Å². The van der Waals surface area contributed by atoms with Crippen LogP contribution in [0.1, 0.15) is 47.4 Å². The minimum absolute atomic E-state index is 0.0101. The fourth-order valence-electron chi connectivity index (χ4n) is 2.04. The number of ether oxygens (including phenoxy) is 3. The van der Waals surface area contributed by atoms with Crippen LogP contribution >= 0.6 is 0 Å². The van der Waals surface area contributed by atoms with E-state index < -0.39 is 11.9 Å². The van der Waals surface area contributed by atoms with E-state index in [0.29, 0.717) is 6.61 Å². The van der Waals surface area contributed by atoms with E-state index >= 15 is 0 Å². The molecular weight excluding hydrogens is 338 g/mol. The highest BCUT2D eigenvalue weighted by molar-refractivity contribution is 6.03. The Morgan fingerprint density at radius 2 is 1.58 bits per heavy atom. The second-order valence-corrected chi connectivity index (χ2v) is 5.62. The third kappa shape index (κ3) is 7.23. The molecule has 26 heavy (non-hydrogen) atoms. The molecule has 1 amide bonds. The second-order valence-electron chi connectivity index (χ2n) is 5.62. The normalized spacial score (nSPS) is 10.3. The largest absolute Gasteiger partial charge is 0.462 e. The van der Waals surface area contributed by atoms with Crippen LogP contribution < -0.4 is 0 Å². The van der Waals surface area contributed by atoms with Gasteiger partial charge in [-0.2, -0.15) is 0 Å². The monoisotopic (exact) mass is 365 g/mol. The predicted octanol–water partition coefficient (Wildman–Crippen LogP) is 2.30. The van der Waals surface area contributed by atoms with E-state index in [1.54, 1.807) is 26.1 Å². The topological polar surface area (TPSA) is 82.1 Å². The molecule has 0 fully saturated rings. The highest BCUT2D eigenvalue weighted by Crippen LogP contribution is 2.12. The van der Waals surface area contributed by atoms with E-state index in [4.69, 9.17) is 14.2 Å². The summed E-state index contributed by atoms with van der Waals surface area (Å²) < 4.78 is 15.4. The van der Waals surface area contributed by atoms with Crippen LogP contribution in [0.5, 0.6) is 0 Å². The molecule has 7 heteroatoms. The molecule has 0 aromatic heterocycles. The summed E-state index contributed by atoms with van der Waals surface area (Å²) in [6.07, 6.45) is 1.92. The standard InChI is InChI=1S/C19H27NO6/c1-4-6-12-24-14-17(21)20(3)11-13-26-19(23)16-10-8-7-9-15(16)18(22)25-5-2/h7-10H,4-6,11-14H2,1-3H3. The number of amides is 1. The van der Waals surface area contributed by atoms with Gasteiger partial charge in [-0.05, 0) is 25.5 Å². The lowest BCUT2D eigenvalue weighted by Crippen LogP contribution is -2.33. The van der Waals surface area contributed by atoms with Gasteiger partial charge in [0.1, 0.15) is 13.2 Å². The van der Waals surface area contributed by atoms with Crippen molar-refractivity contribution < 1.29 is 28.6 Å². The maximum Gasteiger partial charge on any atom is 0.339 e. The molecule has 0 saturated heterocycles. The third-order valence-corrected chi connectivity index (χ3v) is 3.60. The zero-order valence-electron chi connectivity index (χ0n) is 15.7. The van der Waals surface area contributed by atoms with Crippen LogP contribution in [-0.2, 0) is 19.0 Å². The van der Waals surface area contributed by atoms with Crippen molar-refractivity contribution in [3.63, 3.8) is 0 Å². The van der Waals surface area contributed by atoms with Crippen LogP contribution in [0, 0.1) is 0 Å². The maximum atomic E-state index is 12.2. The second kappa shape index (κ2) is 12.0. The molecule has 0 N–H and O–H groups in total. The molecule has 1 aromatic carbocycles. The van der Waals surface area contributed by atoms with Crippen LogP contribution in [0.25, 0.3) is 0 Å². The molecule has 0 heterocycles. The van der Waals surface area contributed by atoms with Crippen molar-refractivity contribution in [1.82, 2.24) is 4.90 Å². The number of hydrogen-bond acceptors (Lipinski definition) is 6. The Bertz CT molecular complexity index is 601. The first-order valence-electron chi connectivity index (χ1n) is 8.76. The van der Waals surface area contributed by atoms with Crippen molar-refractivity contribution in [1.29, 1.82) is 0 Å². The summed E-state index contributed by atoms with van der Waals surface area (Å²) in [5.74, 6) is -1.38. The smallest absolute Gasteiger partial charge is 0.339 e. The van der Waals surface area contributed by atoms with Gasteiger partial charge in [-0.3, -0.25) is 4.79 Å². The summed E-state index contributed by atoms with van der Waals surface area (Å²) in [4.78, 5) is 37.4. The zero-order chi connectivity index (χ0) is 19.4. The summed E-state index contributed by atoms with van der Waals surface area (Å²) in [6.45, 7) is 4.78. The number of rotatable bonds is 11. The van der Waals surface area contributed by atoms with E-state index in [-0.39, 0.29) is 43.4 Å². The lowest BCUT2D eigenvalue weighted by Gasteiger charge is -2.17. The molecule has 0 aliphatic heterocycles. The van der Waals surface area contributed by atoms with E-state index in [9.17, 15) is 14.4 Å². The average Bonchev–Trinajstić information content (AvgIpc) is 2.65. The van der Waals surface area contributed by atoms with Crippen molar-refractivity contribution in [2.45, 2.75) is 26.7 Å². The van der Waals surface area contributed by atoms with Gasteiger partial charge < -0.3 is 19.1 Å². The van der Waals surface area contributed by atoms with Gasteiger partial charge in [0.05, 0.1) is 24.3 Å². The first-order valence-corrected chi connectivity index (χ1v) is 8.76. The fourth-order valence-corrected chi connectivity index (χ4v) is 2.04. The minimum Gasteiger partial charge on any atom is -0.462 e. The molecule has 0 saturated carbocycles. The maximum absolute atomic E-state index is 12.2. The van der Waals surface area contributed by atoms with Crippen molar-refractivity contribution in [3.05, 3.63) is 35.4 Å². The Balaban J connectivity index is 2.47. The van der Waals surface area contributed by atoms with Crippen molar-refractivity contribution in [2.75, 3.05) is 40.0 Å². The Morgan fingerprint density at radius 3 is 2.15 bits per heavy atom. The van der Waals surface area contributed by atoms with Crippen molar-refractivity contribution in [2.24, 2.45) is 0 Å². The summed E-state index contributed by atoms with van der Waals surface area (Å²) in [5, 5.41) is 0. The number of nitrogens with zero attached hydrogens (tertiary/aromatic N) is 1. The van der Waals surface area contributed by atoms with Crippen LogP contribution in [0.15, 0.2) is 24.3 Å². The number of likely N-dealkylation sites (N-methyl/N-ethyl adjacent to an activating group) is 1. The van der Waals surface area contributed by atoms with Gasteiger partial charge in [-0.25, -0.2) is 9.59 Å². The summed E-state index contributed by atoms with van der Waals surface area (Å²) in [6, 6.07) is 6.31. The van der Waals surface area contributed by atoms with E-state index in [1.807, 2.05) is 6.92 Å². The van der Waals surface area contributed by atoms with Crippen LogP contribution in [0.2, 0.25) is 0 Å². The SMILES string of the molecule is CCCCOCC(=O)N(C)CCOC(=O)c1ccccc1C(=O)OCC. The third-order valence-electron chi connectivity index (χ3n) is 3.60. The molecular formula is C19H27NO6.